The van der Waals surface area contributed by atoms with Gasteiger partial charge in [-0.1, -0.05) is 71.8 Å². The Kier molecular flexibility index (Phi) is 10.6. The van der Waals surface area contributed by atoms with E-state index >= 15 is 4.79 Å². The number of likely N-dealkylation sites (N-methyl/N-ethyl adjacent to an activating group) is 1. The lowest BCUT2D eigenvalue weighted by Crippen LogP contribution is -2.53. The van der Waals surface area contributed by atoms with Gasteiger partial charge in [0.2, 0.25) is 6.79 Å². The molecule has 12 heteroatoms. The molecule has 0 spiro atoms. The van der Waals surface area contributed by atoms with Crippen molar-refractivity contribution in [2.24, 2.45) is 0 Å². The Bertz CT molecular complexity index is 2480. The maximum atomic E-state index is 15.2. The summed E-state index contributed by atoms with van der Waals surface area (Å²) in [6.45, 7) is 7.18. The summed E-state index contributed by atoms with van der Waals surface area (Å²) in [6, 6.07) is 32.1. The van der Waals surface area contributed by atoms with Crippen LogP contribution >= 0.6 is 24.0 Å². The summed E-state index contributed by atoms with van der Waals surface area (Å²) in [4.78, 5) is 38.6. The van der Waals surface area contributed by atoms with Gasteiger partial charge in [0.1, 0.15) is 5.75 Å². The molecule has 5 aromatic carbocycles. The van der Waals surface area contributed by atoms with E-state index in [0.29, 0.717) is 51.6 Å². The van der Waals surface area contributed by atoms with E-state index in [2.05, 4.69) is 35.0 Å². The lowest BCUT2D eigenvalue weighted by atomic mass is 9.92. The average molecular weight is 805 g/mol. The normalized spacial score (nSPS) is 16.6. The number of aryl methyl sites for hydroxylation is 1. The van der Waals surface area contributed by atoms with Crippen LogP contribution in [0.15, 0.2) is 109 Å². The van der Waals surface area contributed by atoms with Gasteiger partial charge in [0.25, 0.3) is 11.8 Å². The number of phenolic OH excluding ortho intramolecular Hbond substituents is 1. The van der Waals surface area contributed by atoms with Crippen LogP contribution in [0, 0.1) is 6.92 Å². The van der Waals surface area contributed by atoms with Crippen LogP contribution in [0.5, 0.6) is 17.2 Å². The molecular weight excluding hydrogens is 761 g/mol. The number of aromatic hydroxyl groups is 1. The molecule has 3 aliphatic heterocycles. The number of carbonyl (C=O) groups is 2. The number of nitrogens with zero attached hydrogens (tertiary/aromatic N) is 5. The molecular formula is C45H43Cl2N5O5. The highest BCUT2D eigenvalue weighted by Gasteiger charge is 2.35. The standard InChI is InChI=1S/C45H42ClN5O5.ClH/c1-29-11-13-32(14-12-29)51(33-15-16-41(52)38(46)22-33)45(54)37-27-50(39-10-6-5-9-35(37)39)40-24-43-42(55-28-56-43)23-36(40)44(53)49-25-31-8-4-3-7-30(31)21-34(49)26-48-19-17-47(2)18-20-48;/h3-16,22-24,27,34,52H,17-21,25-26,28H2,1-2H3;1H/t34-;/m0./s1. The molecule has 3 aliphatic rings. The van der Waals surface area contributed by atoms with Crippen molar-refractivity contribution in [1.29, 1.82) is 0 Å². The molecule has 4 heterocycles. The average Bonchev–Trinajstić information content (AvgIpc) is 3.84. The van der Waals surface area contributed by atoms with Gasteiger partial charge in [0.05, 0.1) is 33.0 Å². The summed E-state index contributed by atoms with van der Waals surface area (Å²) in [5, 5.41) is 11.1. The van der Waals surface area contributed by atoms with E-state index in [4.69, 9.17) is 21.1 Å². The van der Waals surface area contributed by atoms with Crippen LogP contribution in [-0.2, 0) is 13.0 Å². The summed E-state index contributed by atoms with van der Waals surface area (Å²) >= 11 is 6.40. The fraction of sp³-hybridized carbons (Fsp3) is 0.244. The number of hydrogen-bond acceptors (Lipinski definition) is 7. The van der Waals surface area contributed by atoms with Crippen molar-refractivity contribution in [3.63, 3.8) is 0 Å². The van der Waals surface area contributed by atoms with E-state index in [1.165, 1.54) is 11.6 Å². The Hall–Kier alpha value is -5.52. The maximum absolute atomic E-state index is 15.2. The molecule has 1 N–H and O–H groups in total. The van der Waals surface area contributed by atoms with Crippen LogP contribution in [0.3, 0.4) is 0 Å². The Balaban J connectivity index is 0.00000455. The zero-order chi connectivity index (χ0) is 38.5. The fourth-order valence-corrected chi connectivity index (χ4v) is 8.33. The second-order valence-corrected chi connectivity index (χ2v) is 15.3. The molecule has 0 bridgehead atoms. The minimum atomic E-state index is -0.306. The smallest absolute Gasteiger partial charge is 0.265 e. The van der Waals surface area contributed by atoms with E-state index < -0.39 is 0 Å². The first-order chi connectivity index (χ1) is 27.2. The predicted molar refractivity (Wildman–Crippen MR) is 225 cm³/mol. The van der Waals surface area contributed by atoms with Crippen molar-refractivity contribution in [3.05, 3.63) is 142 Å². The molecule has 6 aromatic rings. The summed E-state index contributed by atoms with van der Waals surface area (Å²) in [6.07, 6.45) is 2.56. The van der Waals surface area contributed by atoms with Crippen LogP contribution in [0.1, 0.15) is 37.4 Å². The predicted octanol–water partition coefficient (Wildman–Crippen LogP) is 8.24. The lowest BCUT2D eigenvalue weighted by Gasteiger charge is -2.41. The number of ether oxygens (including phenoxy) is 2. The van der Waals surface area contributed by atoms with Gasteiger partial charge in [-0.3, -0.25) is 19.4 Å². The number of aromatic nitrogens is 1. The van der Waals surface area contributed by atoms with Crippen molar-refractivity contribution in [3.8, 4) is 22.9 Å². The molecule has 292 valence electrons. The number of benzene rings is 5. The second kappa shape index (κ2) is 15.8. The van der Waals surface area contributed by atoms with E-state index in [9.17, 15) is 9.90 Å². The Labute approximate surface area is 342 Å². The molecule has 1 atom stereocenters. The largest absolute Gasteiger partial charge is 0.506 e. The molecule has 1 aromatic heterocycles. The monoisotopic (exact) mass is 803 g/mol. The quantitative estimate of drug-likeness (QED) is 0.174. The van der Waals surface area contributed by atoms with E-state index in [1.54, 1.807) is 29.3 Å². The number of piperazine rings is 1. The molecule has 10 nitrogen and oxygen atoms in total. The van der Waals surface area contributed by atoms with Gasteiger partial charge in [-0.05, 0) is 74.0 Å². The van der Waals surface area contributed by atoms with Crippen LogP contribution in [0.4, 0.5) is 11.4 Å². The van der Waals surface area contributed by atoms with Gasteiger partial charge < -0.3 is 28.9 Å². The molecule has 0 unspecified atom stereocenters. The summed E-state index contributed by atoms with van der Waals surface area (Å²) < 4.78 is 13.7. The highest BCUT2D eigenvalue weighted by atomic mass is 35.5. The maximum Gasteiger partial charge on any atom is 0.265 e. The van der Waals surface area contributed by atoms with Crippen LogP contribution < -0.4 is 14.4 Å². The topological polar surface area (TPSA) is 90.7 Å². The third-order valence-corrected chi connectivity index (χ3v) is 11.6. The first kappa shape index (κ1) is 38.4. The fourth-order valence-electron chi connectivity index (χ4n) is 8.16. The van der Waals surface area contributed by atoms with Crippen molar-refractivity contribution in [2.45, 2.75) is 25.9 Å². The van der Waals surface area contributed by atoms with Gasteiger partial charge in [0.15, 0.2) is 11.5 Å². The summed E-state index contributed by atoms with van der Waals surface area (Å²) in [5.74, 6) is 0.538. The number of fused-ring (bicyclic) bond motifs is 3. The number of amides is 2. The van der Waals surface area contributed by atoms with Crippen LogP contribution in [0.2, 0.25) is 5.02 Å². The number of phenols is 1. The van der Waals surface area contributed by atoms with Crippen LogP contribution in [-0.4, -0.2) is 88.8 Å². The number of hydrogen-bond donors (Lipinski definition) is 1. The number of anilines is 2. The Morgan fingerprint density at radius 3 is 2.26 bits per heavy atom. The summed E-state index contributed by atoms with van der Waals surface area (Å²) in [5.41, 5.74) is 6.79. The minimum Gasteiger partial charge on any atom is -0.506 e. The zero-order valence-corrected chi connectivity index (χ0v) is 33.3. The van der Waals surface area contributed by atoms with Gasteiger partial charge in [-0.2, -0.15) is 0 Å². The molecule has 0 saturated carbocycles. The molecule has 57 heavy (non-hydrogen) atoms. The lowest BCUT2D eigenvalue weighted by molar-refractivity contribution is 0.0535. The van der Waals surface area contributed by atoms with Gasteiger partial charge in [0, 0.05) is 68.6 Å². The zero-order valence-electron chi connectivity index (χ0n) is 31.7. The molecule has 2 amide bonds. The summed E-state index contributed by atoms with van der Waals surface area (Å²) in [7, 11) is 2.15. The first-order valence-electron chi connectivity index (χ1n) is 18.9. The Morgan fingerprint density at radius 2 is 1.51 bits per heavy atom. The van der Waals surface area contributed by atoms with Crippen LogP contribution in [0.25, 0.3) is 16.6 Å². The SMILES string of the molecule is Cc1ccc(N(C(=O)c2cn(-c3cc4c(cc3C(=O)N3Cc5ccccc5C[C@H]3CN3CCN(C)CC3)OCO4)c3ccccc23)c2ccc(O)c(Cl)c2)cc1.Cl. The number of para-hydroxylation sites is 1. The van der Waals surface area contributed by atoms with E-state index in [1.807, 2.05) is 77.1 Å². The van der Waals surface area contributed by atoms with Gasteiger partial charge >= 0.3 is 0 Å². The number of halogens is 2. The van der Waals surface area contributed by atoms with Crippen molar-refractivity contribution in [1.82, 2.24) is 19.3 Å². The Morgan fingerprint density at radius 1 is 0.825 bits per heavy atom. The van der Waals surface area contributed by atoms with Gasteiger partial charge in [-0.15, -0.1) is 12.4 Å². The third kappa shape index (κ3) is 7.30. The van der Waals surface area contributed by atoms with Crippen molar-refractivity contribution < 1.29 is 24.2 Å². The molecule has 0 aliphatic carbocycles. The number of carbonyl (C=O) groups excluding carboxylic acids is 2. The molecule has 0 radical (unpaired) electrons. The molecule has 1 fully saturated rings. The van der Waals surface area contributed by atoms with Crippen molar-refractivity contribution >= 4 is 58.1 Å². The molecule has 1 saturated heterocycles. The van der Waals surface area contributed by atoms with E-state index in [0.717, 1.165) is 55.8 Å². The highest BCUT2D eigenvalue weighted by molar-refractivity contribution is 6.32. The molecule has 9 rings (SSSR count). The van der Waals surface area contributed by atoms with Crippen molar-refractivity contribution in [2.75, 3.05) is 51.5 Å². The number of rotatable bonds is 7. The second-order valence-electron chi connectivity index (χ2n) is 14.9. The minimum absolute atomic E-state index is 0. The third-order valence-electron chi connectivity index (χ3n) is 11.3. The van der Waals surface area contributed by atoms with Gasteiger partial charge in [-0.25, -0.2) is 0 Å². The van der Waals surface area contributed by atoms with E-state index in [-0.39, 0.29) is 47.8 Å². The highest BCUT2D eigenvalue weighted by Crippen LogP contribution is 2.41. The first-order valence-corrected chi connectivity index (χ1v) is 19.3.